The number of hydrogen-bond donors (Lipinski definition) is 0. The molecule has 5 nitrogen and oxygen atoms in total. The van der Waals surface area contributed by atoms with E-state index in [2.05, 4.69) is 10.00 Å². The molecule has 0 bridgehead atoms. The summed E-state index contributed by atoms with van der Waals surface area (Å²) in [6.07, 6.45) is 4.74. The van der Waals surface area contributed by atoms with E-state index in [1.807, 2.05) is 6.07 Å². The van der Waals surface area contributed by atoms with Crippen LogP contribution in [0.2, 0.25) is 0 Å². The zero-order valence-electron chi connectivity index (χ0n) is 12.8. The quantitative estimate of drug-likeness (QED) is 0.796. The smallest absolute Gasteiger partial charge is 0.266 e. The van der Waals surface area contributed by atoms with Crippen molar-refractivity contribution in [1.29, 1.82) is 0 Å². The first kappa shape index (κ1) is 14.7. The molecule has 1 saturated heterocycles. The summed E-state index contributed by atoms with van der Waals surface area (Å²) in [6.45, 7) is 4.79. The second kappa shape index (κ2) is 6.71. The van der Waals surface area contributed by atoms with Gasteiger partial charge in [0.05, 0.1) is 12.3 Å². The Hall–Kier alpha value is -1.20. The molecule has 0 radical (unpaired) electrons. The number of piperidine rings is 1. The largest absolute Gasteiger partial charge is 0.383 e. The standard InChI is InChI=1S/C16H25N3O2/c1-21-11-10-18-8-6-13(7-9-18)12-19-16(20)5-4-15(17-19)14-2-3-14/h4-5,13-14H,2-3,6-12H2,1H3. The first-order valence-electron chi connectivity index (χ1n) is 8.05. The first-order chi connectivity index (χ1) is 10.3. The highest BCUT2D eigenvalue weighted by Crippen LogP contribution is 2.38. The summed E-state index contributed by atoms with van der Waals surface area (Å²) in [5.74, 6) is 1.18. The summed E-state index contributed by atoms with van der Waals surface area (Å²) in [6, 6.07) is 3.60. The van der Waals surface area contributed by atoms with Gasteiger partial charge in [-0.05, 0) is 50.8 Å². The average molecular weight is 291 g/mol. The van der Waals surface area contributed by atoms with Crippen molar-refractivity contribution in [3.63, 3.8) is 0 Å². The number of rotatable bonds is 6. The zero-order chi connectivity index (χ0) is 14.7. The molecule has 2 fully saturated rings. The van der Waals surface area contributed by atoms with Crippen molar-refractivity contribution in [3.05, 3.63) is 28.2 Å². The second-order valence-electron chi connectivity index (χ2n) is 6.33. The highest BCUT2D eigenvalue weighted by molar-refractivity contribution is 5.12. The number of nitrogens with zero attached hydrogens (tertiary/aromatic N) is 3. The van der Waals surface area contributed by atoms with Crippen LogP contribution in [-0.4, -0.2) is 48.0 Å². The van der Waals surface area contributed by atoms with Gasteiger partial charge in [0.1, 0.15) is 0 Å². The molecule has 0 aromatic carbocycles. The van der Waals surface area contributed by atoms with E-state index in [-0.39, 0.29) is 5.56 Å². The molecule has 2 aliphatic rings. The molecule has 1 aromatic rings. The Morgan fingerprint density at radius 3 is 2.67 bits per heavy atom. The fourth-order valence-electron chi connectivity index (χ4n) is 3.05. The highest BCUT2D eigenvalue weighted by atomic mass is 16.5. The number of aromatic nitrogens is 2. The number of hydrogen-bond acceptors (Lipinski definition) is 4. The van der Waals surface area contributed by atoms with Gasteiger partial charge < -0.3 is 9.64 Å². The predicted octanol–water partition coefficient (Wildman–Crippen LogP) is 1.48. The SMILES string of the molecule is COCCN1CCC(Cn2nc(C3CC3)ccc2=O)CC1. The van der Waals surface area contributed by atoms with Crippen molar-refractivity contribution in [1.82, 2.24) is 14.7 Å². The summed E-state index contributed by atoms with van der Waals surface area (Å²) >= 11 is 0. The molecule has 5 heteroatoms. The summed E-state index contributed by atoms with van der Waals surface area (Å²) in [5, 5.41) is 4.57. The molecule has 1 aliphatic heterocycles. The average Bonchev–Trinajstić information content (AvgIpc) is 3.33. The molecule has 0 unspecified atom stereocenters. The topological polar surface area (TPSA) is 47.4 Å². The Morgan fingerprint density at radius 2 is 2.00 bits per heavy atom. The molecule has 0 N–H and O–H groups in total. The van der Waals surface area contributed by atoms with Crippen LogP contribution < -0.4 is 5.56 Å². The number of methoxy groups -OCH3 is 1. The van der Waals surface area contributed by atoms with E-state index in [9.17, 15) is 4.79 Å². The Morgan fingerprint density at radius 1 is 1.24 bits per heavy atom. The van der Waals surface area contributed by atoms with E-state index >= 15 is 0 Å². The van der Waals surface area contributed by atoms with Gasteiger partial charge in [-0.1, -0.05) is 0 Å². The highest BCUT2D eigenvalue weighted by Gasteiger charge is 2.26. The fraction of sp³-hybridized carbons (Fsp3) is 0.750. The molecule has 0 spiro atoms. The lowest BCUT2D eigenvalue weighted by Crippen LogP contribution is -2.38. The maximum Gasteiger partial charge on any atom is 0.266 e. The van der Waals surface area contributed by atoms with Gasteiger partial charge in [0.25, 0.3) is 5.56 Å². The van der Waals surface area contributed by atoms with E-state index in [4.69, 9.17) is 4.74 Å². The molecular weight excluding hydrogens is 266 g/mol. The lowest BCUT2D eigenvalue weighted by Gasteiger charge is -2.31. The molecule has 0 atom stereocenters. The minimum absolute atomic E-state index is 0.0428. The van der Waals surface area contributed by atoms with Crippen LogP contribution in [0.4, 0.5) is 0 Å². The predicted molar refractivity (Wildman–Crippen MR) is 81.5 cm³/mol. The van der Waals surface area contributed by atoms with Crippen molar-refractivity contribution in [2.75, 3.05) is 33.4 Å². The summed E-state index contributed by atoms with van der Waals surface area (Å²) in [5.41, 5.74) is 1.15. The summed E-state index contributed by atoms with van der Waals surface area (Å²) in [4.78, 5) is 14.4. The Labute approximate surface area is 125 Å². The van der Waals surface area contributed by atoms with Crippen molar-refractivity contribution >= 4 is 0 Å². The van der Waals surface area contributed by atoms with E-state index in [0.29, 0.717) is 11.8 Å². The van der Waals surface area contributed by atoms with Crippen molar-refractivity contribution < 1.29 is 4.74 Å². The monoisotopic (exact) mass is 291 g/mol. The minimum atomic E-state index is 0.0428. The van der Waals surface area contributed by atoms with E-state index < -0.39 is 0 Å². The first-order valence-corrected chi connectivity index (χ1v) is 8.05. The molecule has 1 aliphatic carbocycles. The maximum atomic E-state index is 12.0. The Bertz CT molecular complexity index is 516. The van der Waals surface area contributed by atoms with Crippen LogP contribution in [0.3, 0.4) is 0 Å². The zero-order valence-corrected chi connectivity index (χ0v) is 12.8. The van der Waals surface area contributed by atoms with Gasteiger partial charge in [0, 0.05) is 32.2 Å². The van der Waals surface area contributed by atoms with Gasteiger partial charge in [-0.15, -0.1) is 0 Å². The van der Waals surface area contributed by atoms with Crippen molar-refractivity contribution in [2.45, 2.75) is 38.1 Å². The van der Waals surface area contributed by atoms with Crippen LogP contribution in [0.1, 0.15) is 37.3 Å². The maximum absolute atomic E-state index is 12.0. The lowest BCUT2D eigenvalue weighted by molar-refractivity contribution is 0.115. The van der Waals surface area contributed by atoms with Gasteiger partial charge in [-0.25, -0.2) is 4.68 Å². The normalized spacial score (nSPS) is 20.8. The number of likely N-dealkylation sites (tertiary alicyclic amines) is 1. The third kappa shape index (κ3) is 3.92. The molecular formula is C16H25N3O2. The van der Waals surface area contributed by atoms with Crippen LogP contribution in [0.25, 0.3) is 0 Å². The fourth-order valence-corrected chi connectivity index (χ4v) is 3.05. The molecule has 21 heavy (non-hydrogen) atoms. The van der Waals surface area contributed by atoms with Gasteiger partial charge in [-0.3, -0.25) is 4.79 Å². The van der Waals surface area contributed by atoms with Crippen LogP contribution >= 0.6 is 0 Å². The van der Waals surface area contributed by atoms with Crippen LogP contribution in [-0.2, 0) is 11.3 Å². The lowest BCUT2D eigenvalue weighted by atomic mass is 9.97. The van der Waals surface area contributed by atoms with Gasteiger partial charge in [-0.2, -0.15) is 5.10 Å². The van der Waals surface area contributed by atoms with Gasteiger partial charge >= 0.3 is 0 Å². The van der Waals surface area contributed by atoms with E-state index in [1.54, 1.807) is 17.9 Å². The molecule has 3 rings (SSSR count). The Kier molecular flexibility index (Phi) is 4.70. The number of ether oxygens (including phenoxy) is 1. The minimum Gasteiger partial charge on any atom is -0.383 e. The molecule has 2 heterocycles. The second-order valence-corrected chi connectivity index (χ2v) is 6.33. The molecule has 0 amide bonds. The third-order valence-electron chi connectivity index (χ3n) is 4.63. The van der Waals surface area contributed by atoms with E-state index in [0.717, 1.165) is 51.3 Å². The van der Waals surface area contributed by atoms with Gasteiger partial charge in [0.15, 0.2) is 0 Å². The van der Waals surface area contributed by atoms with Crippen molar-refractivity contribution in [3.8, 4) is 0 Å². The van der Waals surface area contributed by atoms with Gasteiger partial charge in [0.2, 0.25) is 0 Å². The van der Waals surface area contributed by atoms with E-state index in [1.165, 1.54) is 12.8 Å². The summed E-state index contributed by atoms with van der Waals surface area (Å²) in [7, 11) is 1.75. The van der Waals surface area contributed by atoms with Crippen LogP contribution in [0, 0.1) is 5.92 Å². The molecule has 116 valence electrons. The summed E-state index contributed by atoms with van der Waals surface area (Å²) < 4.78 is 6.82. The van der Waals surface area contributed by atoms with Crippen LogP contribution in [0.15, 0.2) is 16.9 Å². The molecule has 1 aromatic heterocycles. The third-order valence-corrected chi connectivity index (χ3v) is 4.63. The Balaban J connectivity index is 1.55. The molecule has 1 saturated carbocycles. The van der Waals surface area contributed by atoms with Crippen LogP contribution in [0.5, 0.6) is 0 Å². The van der Waals surface area contributed by atoms with Crippen molar-refractivity contribution in [2.24, 2.45) is 5.92 Å².